The molecule has 1 saturated heterocycles. The fourth-order valence-corrected chi connectivity index (χ4v) is 4.54. The van der Waals surface area contributed by atoms with E-state index in [9.17, 15) is 10.2 Å². The van der Waals surface area contributed by atoms with Crippen LogP contribution < -0.4 is 0 Å². The summed E-state index contributed by atoms with van der Waals surface area (Å²) in [5.74, 6) is 0. The second-order valence-corrected chi connectivity index (χ2v) is 8.14. The van der Waals surface area contributed by atoms with Gasteiger partial charge in [0, 0.05) is 16.6 Å². The van der Waals surface area contributed by atoms with Crippen molar-refractivity contribution >= 4 is 22.6 Å². The fourth-order valence-electron chi connectivity index (χ4n) is 4.35. The van der Waals surface area contributed by atoms with Crippen LogP contribution in [0, 0.1) is 13.8 Å². The van der Waals surface area contributed by atoms with Crippen LogP contribution in [-0.2, 0) is 15.9 Å². The number of hydrogen-bond acceptors (Lipinski definition) is 6. The van der Waals surface area contributed by atoms with Crippen molar-refractivity contribution in [2.75, 3.05) is 6.61 Å². The minimum Gasteiger partial charge on any atom is -0.387 e. The van der Waals surface area contributed by atoms with Crippen molar-refractivity contribution in [2.24, 2.45) is 0 Å². The van der Waals surface area contributed by atoms with Crippen LogP contribution in [0.4, 0.5) is 0 Å². The maximum absolute atomic E-state index is 10.8. The molecule has 1 fully saturated rings. The maximum atomic E-state index is 10.8. The van der Waals surface area contributed by atoms with Crippen LogP contribution in [0.15, 0.2) is 30.7 Å². The molecule has 0 aliphatic carbocycles. The van der Waals surface area contributed by atoms with E-state index in [1.54, 1.807) is 10.8 Å². The van der Waals surface area contributed by atoms with Crippen molar-refractivity contribution in [1.82, 2.24) is 14.5 Å². The Labute approximate surface area is 172 Å². The highest BCUT2D eigenvalue weighted by Crippen LogP contribution is 2.42. The Morgan fingerprint density at radius 2 is 2.00 bits per heavy atom. The summed E-state index contributed by atoms with van der Waals surface area (Å²) in [5.41, 5.74) is 4.47. The molecule has 2 aliphatic rings. The third kappa shape index (κ3) is 2.96. The van der Waals surface area contributed by atoms with Gasteiger partial charge in [-0.2, -0.15) is 0 Å². The van der Waals surface area contributed by atoms with E-state index in [-0.39, 0.29) is 0 Å². The second kappa shape index (κ2) is 7.04. The Kier molecular flexibility index (Phi) is 4.60. The number of aliphatic hydroxyl groups excluding tert-OH is 2. The summed E-state index contributed by atoms with van der Waals surface area (Å²) in [6.45, 7) is 4.34. The van der Waals surface area contributed by atoms with Gasteiger partial charge in [0.25, 0.3) is 0 Å². The molecule has 3 aromatic rings. The third-order valence-corrected chi connectivity index (χ3v) is 6.36. The number of benzene rings is 1. The summed E-state index contributed by atoms with van der Waals surface area (Å²) in [5, 5.41) is 23.2. The molecule has 1 aromatic carbocycles. The lowest BCUT2D eigenvalue weighted by Gasteiger charge is -2.32. The third-order valence-electron chi connectivity index (χ3n) is 5.95. The molecular weight excluding hydrogens is 394 g/mol. The minimum absolute atomic E-state index is 0.484. The zero-order valence-corrected chi connectivity index (χ0v) is 16.9. The van der Waals surface area contributed by atoms with Gasteiger partial charge in [-0.3, -0.25) is 0 Å². The second-order valence-electron chi connectivity index (χ2n) is 7.73. The molecule has 0 spiro atoms. The number of nitrogens with zero attached hydrogens (tertiary/aromatic N) is 3. The molecule has 5 atom stereocenters. The molecule has 0 saturated carbocycles. The first-order valence-electron chi connectivity index (χ1n) is 9.66. The topological polar surface area (TPSA) is 89.6 Å². The molecule has 4 heterocycles. The van der Waals surface area contributed by atoms with Gasteiger partial charge in [-0.25, -0.2) is 9.97 Å². The van der Waals surface area contributed by atoms with E-state index in [0.717, 1.165) is 34.2 Å². The Morgan fingerprint density at radius 3 is 2.83 bits per heavy atom. The summed E-state index contributed by atoms with van der Waals surface area (Å²) in [6, 6.07) is 5.83. The number of hydrogen-bond donors (Lipinski definition) is 2. The van der Waals surface area contributed by atoms with Crippen molar-refractivity contribution in [3.8, 4) is 0 Å². The molecule has 5 rings (SSSR count). The van der Waals surface area contributed by atoms with Gasteiger partial charge in [0.1, 0.15) is 36.4 Å². The number of fused-ring (bicyclic) bond motifs is 2. The van der Waals surface area contributed by atoms with E-state index in [2.05, 4.69) is 9.97 Å². The molecular formula is C21H22ClN3O4. The number of ether oxygens (including phenoxy) is 2. The van der Waals surface area contributed by atoms with Crippen LogP contribution in [0.1, 0.15) is 34.7 Å². The molecule has 29 heavy (non-hydrogen) atoms. The molecule has 7 nitrogen and oxygen atoms in total. The molecule has 2 aliphatic heterocycles. The Balaban J connectivity index is 1.51. The minimum atomic E-state index is -1.12. The first kappa shape index (κ1) is 19.0. The quantitative estimate of drug-likeness (QED) is 0.668. The van der Waals surface area contributed by atoms with Crippen molar-refractivity contribution in [2.45, 2.75) is 50.9 Å². The van der Waals surface area contributed by atoms with Gasteiger partial charge >= 0.3 is 0 Å². The Hall–Kier alpha value is -2.03. The molecule has 2 aromatic heterocycles. The van der Waals surface area contributed by atoms with Crippen LogP contribution in [0.2, 0.25) is 5.02 Å². The smallest absolute Gasteiger partial charge is 0.164 e. The zero-order chi connectivity index (χ0) is 20.3. The zero-order valence-electron chi connectivity index (χ0n) is 16.1. The highest BCUT2D eigenvalue weighted by molar-refractivity contribution is 6.31. The van der Waals surface area contributed by atoms with E-state index in [1.807, 2.05) is 32.0 Å². The standard InChI is InChI=1S/C21H22ClN3O4/c1-10-7-14-12(8-15(10)22)4-6-28-18(14)19-16(26)17(27)21(29-19)25-5-3-13-11(2)23-9-24-20(13)25/h3,5,7-9,16-19,21,26-27H,4,6H2,1-2H3/t16-,17+,18+,19-,21+/m0/s1. The molecule has 8 heteroatoms. The highest BCUT2D eigenvalue weighted by atomic mass is 35.5. The monoisotopic (exact) mass is 415 g/mol. The van der Waals surface area contributed by atoms with E-state index >= 15 is 0 Å². The van der Waals surface area contributed by atoms with Crippen LogP contribution in [0.5, 0.6) is 0 Å². The van der Waals surface area contributed by atoms with Gasteiger partial charge < -0.3 is 24.3 Å². The number of aromatic nitrogens is 3. The van der Waals surface area contributed by atoms with E-state index in [0.29, 0.717) is 17.3 Å². The molecule has 0 radical (unpaired) electrons. The average Bonchev–Trinajstić information content (AvgIpc) is 3.25. The number of rotatable bonds is 2. The lowest BCUT2D eigenvalue weighted by atomic mass is 9.90. The largest absolute Gasteiger partial charge is 0.387 e. The van der Waals surface area contributed by atoms with Gasteiger partial charge in [-0.05, 0) is 49.1 Å². The summed E-state index contributed by atoms with van der Waals surface area (Å²) in [4.78, 5) is 8.54. The van der Waals surface area contributed by atoms with Gasteiger partial charge in [-0.1, -0.05) is 17.7 Å². The van der Waals surface area contributed by atoms with Crippen molar-refractivity contribution < 1.29 is 19.7 Å². The SMILES string of the molecule is Cc1cc2c(cc1Cl)CCO[C@H]2[C@H]1O[C@@H](n2ccc3c(C)ncnc32)[C@H](O)[C@@H]1O. The molecule has 2 N–H and O–H groups in total. The fraction of sp³-hybridized carbons (Fsp3) is 0.429. The molecule has 0 bridgehead atoms. The summed E-state index contributed by atoms with van der Waals surface area (Å²) in [7, 11) is 0. The number of aryl methyl sites for hydroxylation is 2. The van der Waals surface area contributed by atoms with E-state index in [4.69, 9.17) is 21.1 Å². The lowest BCUT2D eigenvalue weighted by Crippen LogP contribution is -2.37. The van der Waals surface area contributed by atoms with Crippen molar-refractivity contribution in [3.05, 3.63) is 58.1 Å². The molecule has 152 valence electrons. The first-order valence-corrected chi connectivity index (χ1v) is 10.0. The van der Waals surface area contributed by atoms with Gasteiger partial charge in [0.2, 0.25) is 0 Å². The van der Waals surface area contributed by atoms with Crippen LogP contribution in [0.25, 0.3) is 11.0 Å². The summed E-state index contributed by atoms with van der Waals surface area (Å²) in [6.07, 6.45) is -0.160. The van der Waals surface area contributed by atoms with Crippen molar-refractivity contribution in [3.63, 3.8) is 0 Å². The predicted octanol–water partition coefficient (Wildman–Crippen LogP) is 2.63. The van der Waals surface area contributed by atoms with Gasteiger partial charge in [0.05, 0.1) is 12.3 Å². The molecule has 0 amide bonds. The predicted molar refractivity (Wildman–Crippen MR) is 107 cm³/mol. The van der Waals surface area contributed by atoms with Crippen LogP contribution >= 0.6 is 11.6 Å². The van der Waals surface area contributed by atoms with E-state index in [1.165, 1.54) is 6.33 Å². The molecule has 0 unspecified atom stereocenters. The van der Waals surface area contributed by atoms with E-state index < -0.39 is 30.6 Å². The Morgan fingerprint density at radius 1 is 1.17 bits per heavy atom. The lowest BCUT2D eigenvalue weighted by molar-refractivity contribution is -0.113. The van der Waals surface area contributed by atoms with Crippen molar-refractivity contribution in [1.29, 1.82) is 0 Å². The number of aliphatic hydroxyl groups is 2. The average molecular weight is 416 g/mol. The number of halogens is 1. The van der Waals surface area contributed by atoms with Gasteiger partial charge in [-0.15, -0.1) is 0 Å². The normalized spacial score (nSPS) is 29.3. The summed E-state index contributed by atoms with van der Waals surface area (Å²) >= 11 is 6.29. The Bertz CT molecular complexity index is 1090. The first-order chi connectivity index (χ1) is 14.0. The maximum Gasteiger partial charge on any atom is 0.164 e. The summed E-state index contributed by atoms with van der Waals surface area (Å²) < 4.78 is 13.9. The highest BCUT2D eigenvalue weighted by Gasteiger charge is 2.49. The van der Waals surface area contributed by atoms with Crippen LogP contribution in [-0.4, -0.2) is 49.7 Å². The van der Waals surface area contributed by atoms with Crippen LogP contribution in [0.3, 0.4) is 0 Å². The van der Waals surface area contributed by atoms with Gasteiger partial charge in [0.15, 0.2) is 6.23 Å².